The van der Waals surface area contributed by atoms with Crippen molar-refractivity contribution in [3.63, 3.8) is 0 Å². The Kier molecular flexibility index (Phi) is 6.79. The second kappa shape index (κ2) is 8.85. The summed E-state index contributed by atoms with van der Waals surface area (Å²) in [6.45, 7) is 3.28. The van der Waals surface area contributed by atoms with Crippen molar-refractivity contribution >= 4 is 5.91 Å². The van der Waals surface area contributed by atoms with Crippen molar-refractivity contribution in [2.75, 3.05) is 26.2 Å². The number of aliphatic hydroxyl groups is 1. The van der Waals surface area contributed by atoms with Gasteiger partial charge >= 0.3 is 0 Å². The summed E-state index contributed by atoms with van der Waals surface area (Å²) in [6, 6.07) is 9.92. The number of carbonyl (C=O) groups excluding carboxylic acids is 1. The number of nitrogens with two attached hydrogens (primary N) is 1. The number of ether oxygens (including phenoxy) is 1. The van der Waals surface area contributed by atoms with Crippen molar-refractivity contribution in [2.24, 2.45) is 11.8 Å². The minimum atomic E-state index is -0.474. The smallest absolute Gasteiger partial charge is 0.237 e. The molecule has 6 heteroatoms. The Labute approximate surface area is 131 Å². The van der Waals surface area contributed by atoms with Crippen LogP contribution in [-0.2, 0) is 16.1 Å². The molecule has 2 rings (SSSR count). The van der Waals surface area contributed by atoms with Crippen LogP contribution in [0.3, 0.4) is 0 Å². The van der Waals surface area contributed by atoms with Gasteiger partial charge in [0.1, 0.15) is 12.6 Å². The Balaban J connectivity index is 1.61. The summed E-state index contributed by atoms with van der Waals surface area (Å²) >= 11 is 0. The monoisotopic (exact) mass is 308 g/mol. The molecule has 1 fully saturated rings. The Morgan fingerprint density at radius 3 is 2.68 bits per heavy atom. The predicted octanol–water partition coefficient (Wildman–Crippen LogP) is -1.15. The third-order valence-corrected chi connectivity index (χ3v) is 4.15. The van der Waals surface area contributed by atoms with Crippen LogP contribution >= 0.6 is 0 Å². The first-order valence-electron chi connectivity index (χ1n) is 7.82. The van der Waals surface area contributed by atoms with Gasteiger partial charge in [0.05, 0.1) is 26.3 Å². The van der Waals surface area contributed by atoms with Gasteiger partial charge in [0.2, 0.25) is 5.91 Å². The molecule has 1 aliphatic rings. The number of likely N-dealkylation sites (tertiary alicyclic amines) is 1. The van der Waals surface area contributed by atoms with E-state index in [-0.39, 0.29) is 11.8 Å². The molecule has 0 aliphatic carbocycles. The first-order chi connectivity index (χ1) is 10.7. The molecule has 1 aromatic carbocycles. The second-order valence-electron chi connectivity index (χ2n) is 5.89. The van der Waals surface area contributed by atoms with Crippen molar-refractivity contribution in [1.82, 2.24) is 5.43 Å². The molecule has 1 atom stereocenters. The van der Waals surface area contributed by atoms with E-state index in [4.69, 9.17) is 10.6 Å². The van der Waals surface area contributed by atoms with Crippen LogP contribution < -0.4 is 16.2 Å². The topological polar surface area (TPSA) is 89.0 Å². The van der Waals surface area contributed by atoms with Gasteiger partial charge in [-0.15, -0.1) is 0 Å². The highest BCUT2D eigenvalue weighted by molar-refractivity contribution is 5.77. The highest BCUT2D eigenvalue weighted by Gasteiger charge is 2.28. The molecule has 1 heterocycles. The van der Waals surface area contributed by atoms with Gasteiger partial charge in [0.25, 0.3) is 0 Å². The van der Waals surface area contributed by atoms with Gasteiger partial charge in [0.15, 0.2) is 0 Å². The van der Waals surface area contributed by atoms with E-state index in [9.17, 15) is 9.90 Å². The van der Waals surface area contributed by atoms with Gasteiger partial charge in [0, 0.05) is 18.8 Å². The zero-order valence-corrected chi connectivity index (χ0v) is 12.8. The number of aliphatic hydroxyl groups excluding tert-OH is 1. The largest absolute Gasteiger partial charge is 0.385 e. The number of carbonyl (C=O) groups is 1. The normalized spacial score (nSPS) is 23.0. The van der Waals surface area contributed by atoms with E-state index in [0.717, 1.165) is 31.5 Å². The Morgan fingerprint density at radius 2 is 2.05 bits per heavy atom. The van der Waals surface area contributed by atoms with E-state index < -0.39 is 6.10 Å². The lowest BCUT2D eigenvalue weighted by Gasteiger charge is -2.29. The third-order valence-electron chi connectivity index (χ3n) is 4.15. The van der Waals surface area contributed by atoms with E-state index in [1.807, 2.05) is 30.3 Å². The summed E-state index contributed by atoms with van der Waals surface area (Å²) in [7, 11) is 0. The van der Waals surface area contributed by atoms with Gasteiger partial charge in [-0.05, 0) is 5.56 Å². The highest BCUT2D eigenvalue weighted by atomic mass is 16.5. The van der Waals surface area contributed by atoms with Gasteiger partial charge in [-0.2, -0.15) is 0 Å². The number of rotatable bonds is 7. The third kappa shape index (κ3) is 5.38. The van der Waals surface area contributed by atoms with E-state index >= 15 is 0 Å². The molecule has 1 saturated heterocycles. The molecule has 0 aromatic heterocycles. The van der Waals surface area contributed by atoms with E-state index in [1.54, 1.807) is 0 Å². The fraction of sp³-hybridized carbons (Fsp3) is 0.562. The maximum atomic E-state index is 11.5. The summed E-state index contributed by atoms with van der Waals surface area (Å²) in [5, 5.41) is 10.1. The summed E-state index contributed by atoms with van der Waals surface area (Å²) in [4.78, 5) is 12.8. The van der Waals surface area contributed by atoms with Crippen LogP contribution in [0.25, 0.3) is 0 Å². The number of hydrogen-bond donors (Lipinski definition) is 4. The lowest BCUT2D eigenvalue weighted by molar-refractivity contribution is -0.908. The van der Waals surface area contributed by atoms with Crippen molar-refractivity contribution < 1.29 is 19.5 Å². The van der Waals surface area contributed by atoms with Crippen LogP contribution in [0.1, 0.15) is 18.4 Å². The molecule has 1 aliphatic heterocycles. The van der Waals surface area contributed by atoms with Crippen molar-refractivity contribution in [3.8, 4) is 0 Å². The molecule has 6 nitrogen and oxygen atoms in total. The maximum Gasteiger partial charge on any atom is 0.237 e. The SMILES string of the molecule is NNC(=O)C1CC[NH+](C[C@@H](O)COCc2ccccc2)CC1. The molecule has 0 saturated carbocycles. The quantitative estimate of drug-likeness (QED) is 0.291. The number of hydrazine groups is 1. The van der Waals surface area contributed by atoms with Gasteiger partial charge in [-0.25, -0.2) is 5.84 Å². The van der Waals surface area contributed by atoms with Crippen molar-refractivity contribution in [2.45, 2.75) is 25.6 Å². The van der Waals surface area contributed by atoms with Crippen molar-refractivity contribution in [1.29, 1.82) is 0 Å². The van der Waals surface area contributed by atoms with Crippen LogP contribution in [0.4, 0.5) is 0 Å². The average molecular weight is 308 g/mol. The standard InChI is InChI=1S/C16H25N3O3/c17-18-16(21)14-6-8-19(9-7-14)10-15(20)12-22-11-13-4-2-1-3-5-13/h1-5,14-15,20H,6-12,17H2,(H,18,21)/p+1/t15-/m1/s1. The molecule has 0 unspecified atom stereocenters. The van der Waals surface area contributed by atoms with Crippen LogP contribution in [0.2, 0.25) is 0 Å². The number of hydrogen-bond acceptors (Lipinski definition) is 4. The van der Waals surface area contributed by atoms with Gasteiger partial charge < -0.3 is 14.7 Å². The van der Waals surface area contributed by atoms with E-state index in [1.165, 1.54) is 4.90 Å². The maximum absolute atomic E-state index is 11.5. The predicted molar refractivity (Wildman–Crippen MR) is 82.7 cm³/mol. The second-order valence-corrected chi connectivity index (χ2v) is 5.89. The molecule has 0 radical (unpaired) electrons. The number of piperidine rings is 1. The Hall–Kier alpha value is -1.47. The van der Waals surface area contributed by atoms with E-state index in [0.29, 0.717) is 19.8 Å². The minimum absolute atomic E-state index is 0.0141. The van der Waals surface area contributed by atoms with Gasteiger partial charge in [-0.3, -0.25) is 10.2 Å². The molecule has 1 aromatic rings. The summed E-state index contributed by atoms with van der Waals surface area (Å²) in [5.74, 6) is 5.09. The zero-order valence-electron chi connectivity index (χ0n) is 12.8. The first kappa shape index (κ1) is 16.9. The molecular weight excluding hydrogens is 282 g/mol. The summed E-state index contributed by atoms with van der Waals surface area (Å²) in [5.41, 5.74) is 3.32. The van der Waals surface area contributed by atoms with Crippen LogP contribution in [0.5, 0.6) is 0 Å². The van der Waals surface area contributed by atoms with Crippen LogP contribution in [0, 0.1) is 5.92 Å². The zero-order chi connectivity index (χ0) is 15.8. The van der Waals surface area contributed by atoms with Gasteiger partial charge in [-0.1, -0.05) is 30.3 Å². The first-order valence-corrected chi connectivity index (χ1v) is 7.82. The fourth-order valence-corrected chi connectivity index (χ4v) is 2.89. The number of quaternary nitrogens is 1. The highest BCUT2D eigenvalue weighted by Crippen LogP contribution is 2.08. The molecular formula is C16H26N3O3+. The average Bonchev–Trinajstić information content (AvgIpc) is 2.56. The van der Waals surface area contributed by atoms with E-state index in [2.05, 4.69) is 5.43 Å². The molecule has 22 heavy (non-hydrogen) atoms. The lowest BCUT2D eigenvalue weighted by Crippen LogP contribution is -3.14. The molecule has 122 valence electrons. The Morgan fingerprint density at radius 1 is 1.36 bits per heavy atom. The number of nitrogens with one attached hydrogen (secondary N) is 2. The molecule has 5 N–H and O–H groups in total. The van der Waals surface area contributed by atoms with Crippen LogP contribution in [-0.4, -0.2) is 43.4 Å². The molecule has 0 spiro atoms. The Bertz CT molecular complexity index is 447. The molecule has 0 bridgehead atoms. The fourth-order valence-electron chi connectivity index (χ4n) is 2.89. The van der Waals surface area contributed by atoms with Crippen molar-refractivity contribution in [3.05, 3.63) is 35.9 Å². The minimum Gasteiger partial charge on any atom is -0.385 e. The summed E-state index contributed by atoms with van der Waals surface area (Å²) in [6.07, 6.45) is 1.16. The lowest BCUT2D eigenvalue weighted by atomic mass is 9.96. The summed E-state index contributed by atoms with van der Waals surface area (Å²) < 4.78 is 5.56. The number of benzene rings is 1. The van der Waals surface area contributed by atoms with Crippen LogP contribution in [0.15, 0.2) is 30.3 Å². The number of amides is 1. The molecule has 1 amide bonds.